The summed E-state index contributed by atoms with van der Waals surface area (Å²) in [4.78, 5) is 24.1. The molecule has 9 nitrogen and oxygen atoms in total. The second-order valence-electron chi connectivity index (χ2n) is 6.82. The van der Waals surface area contributed by atoms with Gasteiger partial charge in [-0.25, -0.2) is 4.79 Å². The summed E-state index contributed by atoms with van der Waals surface area (Å²) in [6.07, 6.45) is 0.608. The Morgan fingerprint density at radius 1 is 1.15 bits per heavy atom. The molecule has 0 atom stereocenters. The molecule has 0 saturated carbocycles. The minimum Gasteiger partial charge on any atom is -0.464 e. The van der Waals surface area contributed by atoms with Crippen LogP contribution in [0.1, 0.15) is 11.5 Å². The van der Waals surface area contributed by atoms with Crippen LogP contribution in [-0.4, -0.2) is 26.2 Å². The average molecular weight is 455 g/mol. The molecule has 1 N–H and O–H groups in total. The highest BCUT2D eigenvalue weighted by Crippen LogP contribution is 2.33. The van der Waals surface area contributed by atoms with Gasteiger partial charge >= 0.3 is 18.2 Å². The highest BCUT2D eigenvalue weighted by atomic mass is 19.4. The van der Waals surface area contributed by atoms with Crippen LogP contribution in [0.2, 0.25) is 0 Å². The molecule has 0 fully saturated rings. The van der Waals surface area contributed by atoms with E-state index >= 15 is 0 Å². The first-order valence-corrected chi connectivity index (χ1v) is 9.43. The largest absolute Gasteiger partial charge is 0.471 e. The number of amides is 1. The van der Waals surface area contributed by atoms with Gasteiger partial charge in [0.15, 0.2) is 0 Å². The predicted molar refractivity (Wildman–Crippen MR) is 108 cm³/mol. The molecule has 166 valence electrons. The average Bonchev–Trinajstić information content (AvgIpc) is 3.48. The van der Waals surface area contributed by atoms with E-state index in [4.69, 9.17) is 9.15 Å². The topological polar surface area (TPSA) is 116 Å². The standard InChI is InChI=1S/C21H12F3N5O4/c22-21(23,24)19-28-18(29-33-19)14-3-4-15(13-2-1-6-26-16(13)14)27-20(30)32-10-12-9-25-8-11-5-7-31-17(11)12/h1-9H,10H2,(H,27,30). The number of aromatic nitrogens is 4. The summed E-state index contributed by atoms with van der Waals surface area (Å²) in [7, 11) is 0. The molecule has 4 heterocycles. The summed E-state index contributed by atoms with van der Waals surface area (Å²) in [5.41, 5.74) is 1.97. The summed E-state index contributed by atoms with van der Waals surface area (Å²) in [6.45, 7) is -0.0823. The first-order chi connectivity index (χ1) is 15.9. The minimum absolute atomic E-state index is 0.0823. The number of carbonyl (C=O) groups is 1. The smallest absolute Gasteiger partial charge is 0.464 e. The van der Waals surface area contributed by atoms with Gasteiger partial charge in [0.1, 0.15) is 12.2 Å². The Bertz CT molecular complexity index is 1480. The molecular weight excluding hydrogens is 443 g/mol. The Hall–Kier alpha value is -4.48. The molecule has 1 aromatic carbocycles. The quantitative estimate of drug-likeness (QED) is 0.393. The number of benzene rings is 1. The molecule has 1 amide bonds. The van der Waals surface area contributed by atoms with Crippen LogP contribution >= 0.6 is 0 Å². The van der Waals surface area contributed by atoms with Gasteiger partial charge in [-0.2, -0.15) is 18.2 Å². The Labute approximate surface area is 182 Å². The van der Waals surface area contributed by atoms with Gasteiger partial charge in [-0.15, -0.1) is 0 Å². The first-order valence-electron chi connectivity index (χ1n) is 9.43. The van der Waals surface area contributed by atoms with Crippen LogP contribution in [0.4, 0.5) is 23.7 Å². The van der Waals surface area contributed by atoms with Crippen LogP contribution in [-0.2, 0) is 17.5 Å². The molecule has 0 radical (unpaired) electrons. The summed E-state index contributed by atoms with van der Waals surface area (Å²) < 4.78 is 53.4. The summed E-state index contributed by atoms with van der Waals surface area (Å²) in [5.74, 6) is -1.74. The number of ether oxygens (including phenoxy) is 1. The molecule has 33 heavy (non-hydrogen) atoms. The zero-order valence-electron chi connectivity index (χ0n) is 16.5. The number of pyridine rings is 2. The van der Waals surface area contributed by atoms with E-state index in [2.05, 4.69) is 29.9 Å². The van der Waals surface area contributed by atoms with Crippen LogP contribution in [0.15, 0.2) is 64.1 Å². The Balaban J connectivity index is 1.39. The third-order valence-electron chi connectivity index (χ3n) is 4.71. The third kappa shape index (κ3) is 3.93. The number of carbonyl (C=O) groups excluding carboxylic acids is 1. The van der Waals surface area contributed by atoms with Gasteiger partial charge in [-0.1, -0.05) is 5.16 Å². The molecule has 5 rings (SSSR count). The van der Waals surface area contributed by atoms with E-state index in [9.17, 15) is 18.0 Å². The maximum atomic E-state index is 12.8. The number of rotatable bonds is 4. The fourth-order valence-electron chi connectivity index (χ4n) is 3.25. The Morgan fingerprint density at radius 2 is 2.03 bits per heavy atom. The van der Waals surface area contributed by atoms with E-state index in [1.165, 1.54) is 30.8 Å². The minimum atomic E-state index is -4.77. The van der Waals surface area contributed by atoms with E-state index in [0.717, 1.165) is 5.39 Å². The summed E-state index contributed by atoms with van der Waals surface area (Å²) in [5, 5.41) is 7.23. The fourth-order valence-corrected chi connectivity index (χ4v) is 3.25. The highest BCUT2D eigenvalue weighted by molar-refractivity contribution is 6.03. The number of nitrogens with one attached hydrogen (secondary N) is 1. The molecule has 5 aromatic rings. The summed E-state index contributed by atoms with van der Waals surface area (Å²) in [6, 6.07) is 7.92. The van der Waals surface area contributed by atoms with Crippen molar-refractivity contribution >= 4 is 33.7 Å². The maximum absolute atomic E-state index is 12.8. The molecule has 0 unspecified atom stereocenters. The van der Waals surface area contributed by atoms with Crippen molar-refractivity contribution in [2.45, 2.75) is 12.8 Å². The lowest BCUT2D eigenvalue weighted by atomic mass is 10.1. The third-order valence-corrected chi connectivity index (χ3v) is 4.71. The Morgan fingerprint density at radius 3 is 2.85 bits per heavy atom. The molecule has 4 aromatic heterocycles. The number of hydrogen-bond donors (Lipinski definition) is 1. The van der Waals surface area contributed by atoms with Crippen LogP contribution in [0.25, 0.3) is 33.3 Å². The molecule has 0 bridgehead atoms. The number of hydrogen-bond acceptors (Lipinski definition) is 8. The fraction of sp³-hybridized carbons (Fsp3) is 0.0952. The van der Waals surface area contributed by atoms with Gasteiger partial charge in [-0.3, -0.25) is 15.3 Å². The number of halogens is 3. The van der Waals surface area contributed by atoms with E-state index in [1.807, 2.05) is 0 Å². The van der Waals surface area contributed by atoms with E-state index in [1.54, 1.807) is 24.4 Å². The number of alkyl halides is 3. The Kier molecular flexibility index (Phi) is 4.89. The number of anilines is 1. The van der Waals surface area contributed by atoms with Crippen molar-refractivity contribution < 1.29 is 31.6 Å². The second-order valence-corrected chi connectivity index (χ2v) is 6.82. The van der Waals surface area contributed by atoms with Gasteiger partial charge in [0, 0.05) is 34.9 Å². The van der Waals surface area contributed by atoms with Crippen molar-refractivity contribution in [3.05, 3.63) is 66.6 Å². The number of nitrogens with zero attached hydrogens (tertiary/aromatic N) is 4. The van der Waals surface area contributed by atoms with Gasteiger partial charge in [0.05, 0.1) is 23.0 Å². The molecule has 0 spiro atoms. The van der Waals surface area contributed by atoms with Crippen molar-refractivity contribution in [2.24, 2.45) is 0 Å². The zero-order chi connectivity index (χ0) is 23.0. The highest BCUT2D eigenvalue weighted by Gasteiger charge is 2.38. The van der Waals surface area contributed by atoms with E-state index in [-0.39, 0.29) is 23.5 Å². The van der Waals surface area contributed by atoms with Gasteiger partial charge in [0.25, 0.3) is 0 Å². The lowest BCUT2D eigenvalue weighted by Gasteiger charge is -2.11. The lowest BCUT2D eigenvalue weighted by molar-refractivity contribution is -0.159. The van der Waals surface area contributed by atoms with Crippen molar-refractivity contribution in [3.63, 3.8) is 0 Å². The first kappa shape index (κ1) is 20.4. The van der Waals surface area contributed by atoms with Crippen LogP contribution in [0.3, 0.4) is 0 Å². The van der Waals surface area contributed by atoms with Gasteiger partial charge in [-0.05, 0) is 30.3 Å². The monoisotopic (exact) mass is 455 g/mol. The normalized spacial score (nSPS) is 11.7. The lowest BCUT2D eigenvalue weighted by Crippen LogP contribution is -2.14. The molecule has 0 saturated heterocycles. The SMILES string of the molecule is O=C(Nc1ccc(-c2noc(C(F)(F)F)n2)c2ncccc12)OCc1cncc2ccoc12. The molecule has 0 aliphatic rings. The number of fused-ring (bicyclic) bond motifs is 2. The zero-order valence-corrected chi connectivity index (χ0v) is 16.5. The van der Waals surface area contributed by atoms with Gasteiger partial charge in [0.2, 0.25) is 5.82 Å². The van der Waals surface area contributed by atoms with E-state index in [0.29, 0.717) is 22.2 Å². The second kappa shape index (κ2) is 7.89. The van der Waals surface area contributed by atoms with Crippen molar-refractivity contribution in [2.75, 3.05) is 5.32 Å². The van der Waals surface area contributed by atoms with Crippen molar-refractivity contribution in [3.8, 4) is 11.4 Å². The molecular formula is C21H12F3N5O4. The number of furan rings is 1. The predicted octanol–water partition coefficient (Wildman–Crippen LogP) is 5.19. The van der Waals surface area contributed by atoms with Crippen molar-refractivity contribution in [1.29, 1.82) is 0 Å². The van der Waals surface area contributed by atoms with Crippen molar-refractivity contribution in [1.82, 2.24) is 20.1 Å². The molecule has 0 aliphatic carbocycles. The van der Waals surface area contributed by atoms with Crippen LogP contribution in [0, 0.1) is 0 Å². The summed E-state index contributed by atoms with van der Waals surface area (Å²) >= 11 is 0. The maximum Gasteiger partial charge on any atom is 0.471 e. The molecule has 0 aliphatic heterocycles. The molecule has 12 heteroatoms. The van der Waals surface area contributed by atoms with Crippen LogP contribution in [0.5, 0.6) is 0 Å². The van der Waals surface area contributed by atoms with Crippen LogP contribution < -0.4 is 5.32 Å². The van der Waals surface area contributed by atoms with E-state index < -0.39 is 18.2 Å². The van der Waals surface area contributed by atoms with Gasteiger partial charge < -0.3 is 13.7 Å².